The van der Waals surface area contributed by atoms with Crippen molar-refractivity contribution in [3.63, 3.8) is 0 Å². The summed E-state index contributed by atoms with van der Waals surface area (Å²) in [5.41, 5.74) is 0.649. The zero-order chi connectivity index (χ0) is 16.4. The summed E-state index contributed by atoms with van der Waals surface area (Å²) in [4.78, 5) is 16.8. The number of aliphatic hydroxyl groups is 1. The monoisotopic (exact) mass is 322 g/mol. The quantitative estimate of drug-likeness (QED) is 0.871. The highest BCUT2D eigenvalue weighted by Gasteiger charge is 2.33. The van der Waals surface area contributed by atoms with Gasteiger partial charge < -0.3 is 14.7 Å². The molecule has 0 saturated carbocycles. The number of aromatic nitrogens is 2. The molecule has 3 heterocycles. The molecule has 2 saturated heterocycles. The second-order valence-corrected chi connectivity index (χ2v) is 6.66. The van der Waals surface area contributed by atoms with Gasteiger partial charge in [-0.25, -0.2) is 0 Å². The van der Waals surface area contributed by atoms with Crippen LogP contribution in [0.4, 0.5) is 0 Å². The molecular weight excluding hydrogens is 296 g/mol. The molecule has 0 radical (unpaired) electrons. The van der Waals surface area contributed by atoms with Gasteiger partial charge in [0.05, 0.1) is 37.1 Å². The van der Waals surface area contributed by atoms with Gasteiger partial charge in [0.15, 0.2) is 0 Å². The summed E-state index contributed by atoms with van der Waals surface area (Å²) in [5.74, 6) is 0.0435. The molecule has 1 amide bonds. The number of aliphatic hydroxyl groups excluding tert-OH is 1. The predicted molar refractivity (Wildman–Crippen MR) is 85.3 cm³/mol. The number of hydrogen-bond donors (Lipinski definition) is 1. The van der Waals surface area contributed by atoms with Gasteiger partial charge in [0.2, 0.25) is 0 Å². The van der Waals surface area contributed by atoms with E-state index in [2.05, 4.69) is 10.00 Å². The van der Waals surface area contributed by atoms with Crippen LogP contribution in [0.15, 0.2) is 12.4 Å². The molecule has 3 rings (SSSR count). The van der Waals surface area contributed by atoms with Crippen molar-refractivity contribution in [3.8, 4) is 0 Å². The molecule has 7 nitrogen and oxygen atoms in total. The molecular formula is C16H26N4O3. The lowest BCUT2D eigenvalue weighted by molar-refractivity contribution is 0.0725. The summed E-state index contributed by atoms with van der Waals surface area (Å²) in [6.07, 6.45) is 3.97. The third-order valence-electron chi connectivity index (χ3n) is 4.69. The normalized spacial score (nSPS) is 26.7. The van der Waals surface area contributed by atoms with Crippen molar-refractivity contribution in [2.24, 2.45) is 0 Å². The molecule has 2 aliphatic rings. The third-order valence-corrected chi connectivity index (χ3v) is 4.69. The molecule has 23 heavy (non-hydrogen) atoms. The first-order valence-corrected chi connectivity index (χ1v) is 8.39. The van der Waals surface area contributed by atoms with E-state index < -0.39 is 6.10 Å². The number of rotatable bonds is 3. The van der Waals surface area contributed by atoms with Crippen LogP contribution in [0.5, 0.6) is 0 Å². The molecule has 1 N–H and O–H groups in total. The van der Waals surface area contributed by atoms with Crippen LogP contribution in [-0.2, 0) is 4.74 Å². The Morgan fingerprint density at radius 1 is 1.30 bits per heavy atom. The highest BCUT2D eigenvalue weighted by molar-refractivity contribution is 5.93. The lowest BCUT2D eigenvalue weighted by Gasteiger charge is -2.28. The van der Waals surface area contributed by atoms with Crippen molar-refractivity contribution in [2.45, 2.75) is 38.5 Å². The Kier molecular flexibility index (Phi) is 4.99. The van der Waals surface area contributed by atoms with Crippen LogP contribution in [0, 0.1) is 0 Å². The van der Waals surface area contributed by atoms with Gasteiger partial charge >= 0.3 is 0 Å². The Balaban J connectivity index is 1.61. The van der Waals surface area contributed by atoms with E-state index >= 15 is 0 Å². The van der Waals surface area contributed by atoms with Crippen molar-refractivity contribution >= 4 is 5.91 Å². The Bertz CT molecular complexity index is 545. The molecule has 0 unspecified atom stereocenters. The van der Waals surface area contributed by atoms with Crippen LogP contribution in [0.25, 0.3) is 0 Å². The van der Waals surface area contributed by atoms with Crippen LogP contribution in [0.3, 0.4) is 0 Å². The Morgan fingerprint density at radius 2 is 2.13 bits per heavy atom. The molecule has 2 aliphatic heterocycles. The molecule has 7 heteroatoms. The summed E-state index contributed by atoms with van der Waals surface area (Å²) >= 11 is 0. The molecule has 2 fully saturated rings. The Hall–Kier alpha value is -1.44. The molecule has 0 spiro atoms. The van der Waals surface area contributed by atoms with Crippen LogP contribution < -0.4 is 0 Å². The molecule has 1 aromatic heterocycles. The van der Waals surface area contributed by atoms with Gasteiger partial charge in [-0.2, -0.15) is 5.10 Å². The molecule has 2 atom stereocenters. The van der Waals surface area contributed by atoms with E-state index in [1.165, 1.54) is 0 Å². The van der Waals surface area contributed by atoms with Gasteiger partial charge in [0.1, 0.15) is 0 Å². The summed E-state index contributed by atoms with van der Waals surface area (Å²) < 4.78 is 7.16. The Morgan fingerprint density at radius 3 is 2.78 bits per heavy atom. The number of ether oxygens (including phenoxy) is 1. The van der Waals surface area contributed by atoms with Gasteiger partial charge in [0.25, 0.3) is 5.91 Å². The van der Waals surface area contributed by atoms with Crippen LogP contribution in [-0.4, -0.2) is 82.1 Å². The summed E-state index contributed by atoms with van der Waals surface area (Å²) in [6.45, 7) is 8.16. The first kappa shape index (κ1) is 16.4. The second-order valence-electron chi connectivity index (χ2n) is 6.66. The molecule has 0 aromatic carbocycles. The third kappa shape index (κ3) is 3.57. The molecule has 0 aliphatic carbocycles. The fraction of sp³-hybridized carbons (Fsp3) is 0.750. The first-order chi connectivity index (χ1) is 11.1. The lowest BCUT2D eigenvalue weighted by Crippen LogP contribution is -2.45. The minimum atomic E-state index is -0.415. The van der Waals surface area contributed by atoms with Crippen molar-refractivity contribution in [1.29, 1.82) is 0 Å². The molecule has 1 aromatic rings. The summed E-state index contributed by atoms with van der Waals surface area (Å²) in [7, 11) is 0. The topological polar surface area (TPSA) is 70.8 Å². The van der Waals surface area contributed by atoms with Crippen molar-refractivity contribution in [2.75, 3.05) is 39.4 Å². The fourth-order valence-electron chi connectivity index (χ4n) is 3.27. The van der Waals surface area contributed by atoms with E-state index in [0.29, 0.717) is 25.3 Å². The fourth-order valence-corrected chi connectivity index (χ4v) is 3.27. The zero-order valence-corrected chi connectivity index (χ0v) is 13.9. The number of amides is 1. The highest BCUT2D eigenvalue weighted by Crippen LogP contribution is 2.17. The number of carbonyl (C=O) groups is 1. The standard InChI is InChI=1S/C16H26N4O3/c1-12(2)20-9-13(8-17-20)16(22)19-5-3-4-18(6-7-19)14-10-23-11-15(14)21/h8-9,12,14-15,21H,3-7,10-11H2,1-2H3/t14-,15-/m0/s1. The van der Waals surface area contributed by atoms with Gasteiger partial charge in [-0.15, -0.1) is 0 Å². The van der Waals surface area contributed by atoms with E-state index in [0.717, 1.165) is 26.1 Å². The van der Waals surface area contributed by atoms with Crippen LogP contribution >= 0.6 is 0 Å². The first-order valence-electron chi connectivity index (χ1n) is 8.39. The summed E-state index contributed by atoms with van der Waals surface area (Å²) in [6, 6.07) is 0.314. The van der Waals surface area contributed by atoms with Gasteiger partial charge in [-0.3, -0.25) is 14.4 Å². The van der Waals surface area contributed by atoms with E-state index in [9.17, 15) is 9.90 Å². The van der Waals surface area contributed by atoms with E-state index in [1.807, 2.05) is 29.6 Å². The van der Waals surface area contributed by atoms with E-state index in [1.54, 1.807) is 6.20 Å². The van der Waals surface area contributed by atoms with E-state index in [4.69, 9.17) is 4.74 Å². The second kappa shape index (κ2) is 6.98. The van der Waals surface area contributed by atoms with Crippen LogP contribution in [0.1, 0.15) is 36.7 Å². The zero-order valence-electron chi connectivity index (χ0n) is 13.9. The smallest absolute Gasteiger partial charge is 0.257 e. The van der Waals surface area contributed by atoms with Crippen LogP contribution in [0.2, 0.25) is 0 Å². The molecule has 128 valence electrons. The molecule has 0 bridgehead atoms. The maximum Gasteiger partial charge on any atom is 0.257 e. The largest absolute Gasteiger partial charge is 0.389 e. The minimum absolute atomic E-state index is 0.0435. The van der Waals surface area contributed by atoms with Crippen molar-refractivity contribution in [1.82, 2.24) is 19.6 Å². The SMILES string of the molecule is CC(C)n1cc(C(=O)N2CCCN([C@H]3COC[C@@H]3O)CC2)cn1. The Labute approximate surface area is 136 Å². The lowest BCUT2D eigenvalue weighted by atomic mass is 10.2. The van der Waals surface area contributed by atoms with Gasteiger partial charge in [-0.05, 0) is 20.3 Å². The van der Waals surface area contributed by atoms with Crippen molar-refractivity contribution < 1.29 is 14.6 Å². The van der Waals surface area contributed by atoms with Gasteiger partial charge in [0, 0.05) is 38.4 Å². The number of hydrogen-bond acceptors (Lipinski definition) is 5. The average molecular weight is 322 g/mol. The number of carbonyl (C=O) groups excluding carboxylic acids is 1. The minimum Gasteiger partial charge on any atom is -0.389 e. The average Bonchev–Trinajstić information content (AvgIpc) is 3.11. The van der Waals surface area contributed by atoms with Gasteiger partial charge in [-0.1, -0.05) is 0 Å². The van der Waals surface area contributed by atoms with E-state index in [-0.39, 0.29) is 18.0 Å². The van der Waals surface area contributed by atoms with Crippen molar-refractivity contribution in [3.05, 3.63) is 18.0 Å². The predicted octanol–water partition coefficient (Wildman–Crippen LogP) is 0.372. The highest BCUT2D eigenvalue weighted by atomic mass is 16.5. The maximum atomic E-state index is 12.7. The number of nitrogens with zero attached hydrogens (tertiary/aromatic N) is 4. The maximum absolute atomic E-state index is 12.7. The summed E-state index contributed by atoms with van der Waals surface area (Å²) in [5, 5.41) is 14.2.